The summed E-state index contributed by atoms with van der Waals surface area (Å²) in [5.41, 5.74) is 7.38. The number of benzene rings is 1. The molecule has 100 valence electrons. The minimum absolute atomic E-state index is 0.178. The molecule has 1 aliphatic rings. The van der Waals surface area contributed by atoms with Gasteiger partial charge in [0, 0.05) is 0 Å². The van der Waals surface area contributed by atoms with Gasteiger partial charge in [-0.15, -0.1) is 0 Å². The van der Waals surface area contributed by atoms with Crippen LogP contribution in [0.3, 0.4) is 0 Å². The molecule has 1 heterocycles. The van der Waals surface area contributed by atoms with Crippen molar-refractivity contribution in [2.24, 2.45) is 13.7 Å². The maximum absolute atomic E-state index is 11.8. The SMILES string of the molecule is CCOC(=O)C(N)C(=O)Nc1cccc2c1N=[Se]=N2. The summed E-state index contributed by atoms with van der Waals surface area (Å²) in [5, 5.41) is 2.57. The van der Waals surface area contributed by atoms with Crippen LogP contribution < -0.4 is 11.1 Å². The molecule has 7 nitrogen and oxygen atoms in total. The van der Waals surface area contributed by atoms with Crippen molar-refractivity contribution < 1.29 is 14.3 Å². The molecule has 0 aromatic heterocycles. The summed E-state index contributed by atoms with van der Waals surface area (Å²) < 4.78 is 13.1. The van der Waals surface area contributed by atoms with Crippen LogP contribution in [0, 0.1) is 0 Å². The fourth-order valence-electron chi connectivity index (χ4n) is 1.46. The van der Waals surface area contributed by atoms with Crippen molar-refractivity contribution in [3.63, 3.8) is 0 Å². The molecule has 0 aliphatic carbocycles. The summed E-state index contributed by atoms with van der Waals surface area (Å²) in [5.74, 6) is -1.38. The molecule has 19 heavy (non-hydrogen) atoms. The molecule has 1 atom stereocenters. The monoisotopic (exact) mass is 328 g/mol. The third-order valence-electron chi connectivity index (χ3n) is 2.37. The minimum atomic E-state index is -1.35. The van der Waals surface area contributed by atoms with Gasteiger partial charge in [-0.25, -0.2) is 0 Å². The van der Waals surface area contributed by atoms with Gasteiger partial charge in [0.15, 0.2) is 0 Å². The van der Waals surface area contributed by atoms with Crippen LogP contribution in [0.25, 0.3) is 0 Å². The van der Waals surface area contributed by atoms with Gasteiger partial charge in [-0.1, -0.05) is 0 Å². The van der Waals surface area contributed by atoms with E-state index in [2.05, 4.69) is 13.2 Å². The van der Waals surface area contributed by atoms with E-state index in [9.17, 15) is 9.59 Å². The van der Waals surface area contributed by atoms with E-state index in [1.54, 1.807) is 19.1 Å². The second-order valence-corrected chi connectivity index (χ2v) is 4.77. The predicted octanol–water partition coefficient (Wildman–Crippen LogP) is 0.863. The Hall–Kier alpha value is -1.76. The first-order valence-corrected chi connectivity index (χ1v) is 7.11. The van der Waals surface area contributed by atoms with Gasteiger partial charge >= 0.3 is 115 Å². The van der Waals surface area contributed by atoms with Crippen molar-refractivity contribution in [2.45, 2.75) is 13.0 Å². The van der Waals surface area contributed by atoms with Crippen LogP contribution in [-0.2, 0) is 14.3 Å². The standard InChI is InChI=1S/C11H12N4O3Se/c1-2-18-11(17)8(12)10(16)13-6-4-3-5-7-9(6)15-19-14-7/h3-5,8H,2,12H2,1H3,(H,13,16). The van der Waals surface area contributed by atoms with Crippen molar-refractivity contribution >= 4 is 43.5 Å². The Morgan fingerprint density at radius 3 is 3.00 bits per heavy atom. The number of anilines is 1. The molecule has 0 saturated carbocycles. The van der Waals surface area contributed by atoms with E-state index in [-0.39, 0.29) is 21.2 Å². The van der Waals surface area contributed by atoms with Gasteiger partial charge < -0.3 is 0 Å². The summed E-state index contributed by atoms with van der Waals surface area (Å²) in [6, 6.07) is 3.91. The van der Waals surface area contributed by atoms with E-state index in [0.717, 1.165) is 5.69 Å². The van der Waals surface area contributed by atoms with E-state index in [0.29, 0.717) is 11.4 Å². The summed E-state index contributed by atoms with van der Waals surface area (Å²) in [6.45, 7) is 1.83. The number of rotatable bonds is 4. The molecule has 0 spiro atoms. The van der Waals surface area contributed by atoms with Crippen LogP contribution in [0.1, 0.15) is 6.92 Å². The van der Waals surface area contributed by atoms with Crippen molar-refractivity contribution in [1.29, 1.82) is 0 Å². The molecular formula is C11H12N4O3Se. The summed E-state index contributed by atoms with van der Waals surface area (Å²) in [4.78, 5) is 23.2. The maximum atomic E-state index is 11.8. The normalized spacial score (nSPS) is 13.4. The quantitative estimate of drug-likeness (QED) is 0.493. The van der Waals surface area contributed by atoms with Gasteiger partial charge in [0.1, 0.15) is 0 Å². The summed E-state index contributed by atoms with van der Waals surface area (Å²) in [6.07, 6.45) is 0. The predicted molar refractivity (Wildman–Crippen MR) is 69.6 cm³/mol. The van der Waals surface area contributed by atoms with Crippen LogP contribution in [0.5, 0.6) is 0 Å². The number of hydrogen-bond acceptors (Lipinski definition) is 6. The molecule has 8 heteroatoms. The van der Waals surface area contributed by atoms with Gasteiger partial charge in [0.25, 0.3) is 0 Å². The van der Waals surface area contributed by atoms with E-state index in [1.165, 1.54) is 0 Å². The summed E-state index contributed by atoms with van der Waals surface area (Å²) in [7, 11) is 0. The molecule has 0 saturated heterocycles. The Balaban J connectivity index is 2.10. The first-order chi connectivity index (χ1) is 9.13. The molecule has 0 bridgehead atoms. The van der Waals surface area contributed by atoms with Gasteiger partial charge in [0.05, 0.1) is 0 Å². The van der Waals surface area contributed by atoms with Gasteiger partial charge in [-0.3, -0.25) is 0 Å². The van der Waals surface area contributed by atoms with Gasteiger partial charge in [-0.2, -0.15) is 0 Å². The van der Waals surface area contributed by atoms with Gasteiger partial charge in [-0.05, 0) is 0 Å². The number of carbonyl (C=O) groups excluding carboxylic acids is 2. The van der Waals surface area contributed by atoms with E-state index in [1.807, 2.05) is 6.07 Å². The Labute approximate surface area is 115 Å². The number of esters is 1. The van der Waals surface area contributed by atoms with Crippen LogP contribution >= 0.6 is 0 Å². The third-order valence-corrected chi connectivity index (χ3v) is 3.51. The topological polar surface area (TPSA) is 106 Å². The Bertz CT molecular complexity index is 596. The average molecular weight is 327 g/mol. The number of nitrogens with zero attached hydrogens (tertiary/aromatic N) is 2. The Morgan fingerprint density at radius 2 is 2.26 bits per heavy atom. The summed E-state index contributed by atoms with van der Waals surface area (Å²) >= 11 is -0.188. The van der Waals surface area contributed by atoms with E-state index in [4.69, 9.17) is 10.5 Å². The first kappa shape index (κ1) is 13.7. The van der Waals surface area contributed by atoms with Gasteiger partial charge in [0.2, 0.25) is 0 Å². The molecule has 0 fully saturated rings. The van der Waals surface area contributed by atoms with Crippen LogP contribution in [0.2, 0.25) is 0 Å². The molecule has 3 N–H and O–H groups in total. The Kier molecular flexibility index (Phi) is 4.26. The molecule has 1 aromatic carbocycles. The molecule has 1 amide bonds. The third kappa shape index (κ3) is 2.98. The van der Waals surface area contributed by atoms with Crippen molar-refractivity contribution in [3.8, 4) is 0 Å². The number of hydrogen-bond donors (Lipinski definition) is 2. The zero-order valence-corrected chi connectivity index (χ0v) is 11.8. The molecule has 1 aliphatic heterocycles. The zero-order valence-electron chi connectivity index (χ0n) is 10.1. The fourth-order valence-corrected chi connectivity index (χ4v) is 2.61. The van der Waals surface area contributed by atoms with Crippen molar-refractivity contribution in [2.75, 3.05) is 11.9 Å². The molecule has 1 unspecified atom stereocenters. The second kappa shape index (κ2) is 5.92. The number of fused-ring (bicyclic) bond motifs is 1. The average Bonchev–Trinajstić information content (AvgIpc) is 2.87. The Morgan fingerprint density at radius 1 is 1.47 bits per heavy atom. The zero-order chi connectivity index (χ0) is 13.8. The van der Waals surface area contributed by atoms with Crippen LogP contribution in [0.15, 0.2) is 26.1 Å². The number of carbonyl (C=O) groups is 2. The number of ether oxygens (including phenoxy) is 1. The van der Waals surface area contributed by atoms with Crippen LogP contribution in [0.4, 0.5) is 17.1 Å². The van der Waals surface area contributed by atoms with Crippen molar-refractivity contribution in [1.82, 2.24) is 0 Å². The molecule has 1 aromatic rings. The van der Waals surface area contributed by atoms with E-state index >= 15 is 0 Å². The first-order valence-electron chi connectivity index (χ1n) is 5.58. The number of nitrogens with two attached hydrogens (primary N) is 1. The number of nitrogens with one attached hydrogen (secondary N) is 1. The fraction of sp³-hybridized carbons (Fsp3) is 0.273. The molecule has 0 radical (unpaired) electrons. The van der Waals surface area contributed by atoms with Crippen molar-refractivity contribution in [3.05, 3.63) is 18.2 Å². The van der Waals surface area contributed by atoms with E-state index < -0.39 is 17.9 Å². The second-order valence-electron chi connectivity index (χ2n) is 3.66. The number of amides is 1. The molecule has 2 rings (SSSR count). The molecular weight excluding hydrogens is 315 g/mol. The van der Waals surface area contributed by atoms with Crippen LogP contribution in [-0.4, -0.2) is 39.1 Å².